The Balaban J connectivity index is 1.49. The van der Waals surface area contributed by atoms with Gasteiger partial charge in [-0.1, -0.05) is 12.1 Å². The molecule has 4 rings (SSSR count). The number of halogens is 3. The highest BCUT2D eigenvalue weighted by atomic mass is 32.2. The van der Waals surface area contributed by atoms with Crippen LogP contribution < -0.4 is 10.0 Å². The molecular weight excluding hydrogens is 463 g/mol. The highest BCUT2D eigenvalue weighted by Crippen LogP contribution is 2.36. The normalized spacial score (nSPS) is 21.5. The van der Waals surface area contributed by atoms with E-state index in [0.29, 0.717) is 22.4 Å². The predicted molar refractivity (Wildman–Crippen MR) is 113 cm³/mol. The molecule has 3 aromatic rings. The van der Waals surface area contributed by atoms with Crippen LogP contribution in [0.1, 0.15) is 30.0 Å². The summed E-state index contributed by atoms with van der Waals surface area (Å²) in [6.07, 6.45) is -2.55. The van der Waals surface area contributed by atoms with Gasteiger partial charge in [-0.15, -0.1) is 0 Å². The minimum absolute atomic E-state index is 0.243. The average Bonchev–Trinajstić information content (AvgIpc) is 3.35. The first kappa shape index (κ1) is 23.4. The van der Waals surface area contributed by atoms with Crippen molar-refractivity contribution < 1.29 is 30.9 Å². The highest BCUT2D eigenvalue weighted by molar-refractivity contribution is 7.84. The fourth-order valence-electron chi connectivity index (χ4n) is 3.90. The van der Waals surface area contributed by atoms with Crippen molar-refractivity contribution in [2.75, 3.05) is 12.4 Å². The van der Waals surface area contributed by atoms with E-state index in [1.807, 2.05) is 4.57 Å². The molecule has 1 aromatic carbocycles. The fraction of sp³-hybridized carbons (Fsp3) is 0.400. The first-order chi connectivity index (χ1) is 15.6. The van der Waals surface area contributed by atoms with Crippen molar-refractivity contribution in [1.82, 2.24) is 19.3 Å². The van der Waals surface area contributed by atoms with Crippen LogP contribution in [0.5, 0.6) is 0 Å². The molecule has 1 saturated carbocycles. The predicted octanol–water partition coefficient (Wildman–Crippen LogP) is 2.61. The number of nitrogens with zero attached hydrogens (tertiary/aromatic N) is 3. The molecule has 3 N–H and O–H groups in total. The largest absolute Gasteiger partial charge is 0.416 e. The molecule has 0 radical (unpaired) electrons. The van der Waals surface area contributed by atoms with Crippen molar-refractivity contribution in [3.63, 3.8) is 0 Å². The number of aliphatic hydroxyl groups is 1. The van der Waals surface area contributed by atoms with Crippen molar-refractivity contribution >= 4 is 27.2 Å². The second-order valence-corrected chi connectivity index (χ2v) is 9.23. The van der Waals surface area contributed by atoms with E-state index in [-0.39, 0.29) is 25.4 Å². The molecule has 9 nitrogen and oxygen atoms in total. The van der Waals surface area contributed by atoms with Crippen LogP contribution in [0.25, 0.3) is 11.0 Å². The third kappa shape index (κ3) is 5.11. The summed E-state index contributed by atoms with van der Waals surface area (Å²) in [7, 11) is -2.71. The van der Waals surface area contributed by atoms with E-state index in [2.05, 4.69) is 20.0 Å². The smallest absolute Gasteiger partial charge is 0.390 e. The molecule has 2 aromatic heterocycles. The monoisotopic (exact) mass is 485 g/mol. The molecule has 0 aliphatic heterocycles. The number of nitrogens with one attached hydrogen (secondary N) is 2. The standard InChI is InChI=1S/C20H22F3N5O4S/c1-24-33(30,31)32-17-9-14(8-16(17)29)28-7-6-15-18(26-11-27-19(15)28)25-10-12-2-4-13(5-3-12)20(21,22)23/h2-7,11,14,16-17,24,29H,8-10H2,1H3,(H,25,26,27)/t14-,16+,17+/m1/s1. The second-order valence-electron chi connectivity index (χ2n) is 7.72. The maximum Gasteiger partial charge on any atom is 0.416 e. The molecule has 178 valence electrons. The number of benzene rings is 1. The Morgan fingerprint density at radius 2 is 1.91 bits per heavy atom. The van der Waals surface area contributed by atoms with E-state index >= 15 is 0 Å². The molecule has 13 heteroatoms. The van der Waals surface area contributed by atoms with Gasteiger partial charge in [0, 0.05) is 25.8 Å². The summed E-state index contributed by atoms with van der Waals surface area (Å²) >= 11 is 0. The lowest BCUT2D eigenvalue weighted by atomic mass is 10.1. The lowest BCUT2D eigenvalue weighted by Gasteiger charge is -2.15. The number of alkyl halides is 3. The van der Waals surface area contributed by atoms with Crippen molar-refractivity contribution in [2.24, 2.45) is 0 Å². The molecule has 1 fully saturated rings. The summed E-state index contributed by atoms with van der Waals surface area (Å²) in [5.41, 5.74) is 0.518. The summed E-state index contributed by atoms with van der Waals surface area (Å²) in [5.74, 6) is 0.503. The zero-order valence-electron chi connectivity index (χ0n) is 17.5. The molecule has 3 atom stereocenters. The van der Waals surface area contributed by atoms with E-state index < -0.39 is 34.3 Å². The zero-order chi connectivity index (χ0) is 23.8. The van der Waals surface area contributed by atoms with Gasteiger partial charge >= 0.3 is 16.5 Å². The molecule has 2 heterocycles. The lowest BCUT2D eigenvalue weighted by Crippen LogP contribution is -2.31. The van der Waals surface area contributed by atoms with Crippen LogP contribution in [0.4, 0.5) is 19.0 Å². The van der Waals surface area contributed by atoms with E-state index in [4.69, 9.17) is 4.18 Å². The first-order valence-corrected chi connectivity index (χ1v) is 11.5. The van der Waals surface area contributed by atoms with Gasteiger partial charge in [-0.2, -0.15) is 26.3 Å². The Labute approximate surface area is 187 Å². The Morgan fingerprint density at radius 1 is 1.18 bits per heavy atom. The number of fused-ring (bicyclic) bond motifs is 1. The average molecular weight is 485 g/mol. The minimum atomic E-state index is -4.39. The highest BCUT2D eigenvalue weighted by Gasteiger charge is 2.38. The van der Waals surface area contributed by atoms with Crippen LogP contribution in [0.2, 0.25) is 0 Å². The van der Waals surface area contributed by atoms with Crippen LogP contribution in [-0.4, -0.2) is 47.3 Å². The van der Waals surface area contributed by atoms with Crippen LogP contribution in [0.3, 0.4) is 0 Å². The van der Waals surface area contributed by atoms with Crippen LogP contribution in [0, 0.1) is 0 Å². The summed E-state index contributed by atoms with van der Waals surface area (Å²) < 4.78 is 70.5. The van der Waals surface area contributed by atoms with Gasteiger partial charge in [0.1, 0.15) is 23.9 Å². The minimum Gasteiger partial charge on any atom is -0.390 e. The van der Waals surface area contributed by atoms with Crippen LogP contribution >= 0.6 is 0 Å². The number of anilines is 1. The van der Waals surface area contributed by atoms with E-state index in [1.54, 1.807) is 12.3 Å². The zero-order valence-corrected chi connectivity index (χ0v) is 18.3. The van der Waals surface area contributed by atoms with Crippen molar-refractivity contribution in [3.8, 4) is 0 Å². The number of aliphatic hydroxyl groups excluding tert-OH is 1. The van der Waals surface area contributed by atoms with Gasteiger partial charge in [0.15, 0.2) is 0 Å². The third-order valence-corrected chi connectivity index (χ3v) is 6.59. The Morgan fingerprint density at radius 3 is 2.58 bits per heavy atom. The van der Waals surface area contributed by atoms with Gasteiger partial charge in [0.2, 0.25) is 0 Å². The molecule has 0 saturated heterocycles. The number of hydrogen-bond donors (Lipinski definition) is 3. The quantitative estimate of drug-likeness (QED) is 0.471. The Hall–Kier alpha value is -2.74. The molecular formula is C20H22F3N5O4S. The molecule has 1 aliphatic carbocycles. The van der Waals surface area contributed by atoms with Gasteiger partial charge in [-0.3, -0.25) is 4.18 Å². The number of rotatable bonds is 7. The van der Waals surface area contributed by atoms with Gasteiger partial charge in [0.05, 0.1) is 17.1 Å². The number of aromatic nitrogens is 3. The van der Waals surface area contributed by atoms with Crippen molar-refractivity contribution in [3.05, 3.63) is 54.0 Å². The van der Waals surface area contributed by atoms with Crippen molar-refractivity contribution in [1.29, 1.82) is 0 Å². The van der Waals surface area contributed by atoms with Crippen LogP contribution in [-0.2, 0) is 27.2 Å². The summed E-state index contributed by atoms with van der Waals surface area (Å²) in [6, 6.07) is 6.40. The van der Waals surface area contributed by atoms with Crippen molar-refractivity contribution in [2.45, 2.75) is 43.8 Å². The Bertz CT molecular complexity index is 1230. The first-order valence-electron chi connectivity index (χ1n) is 10.1. The molecule has 0 unspecified atom stereocenters. The molecule has 0 amide bonds. The van der Waals surface area contributed by atoms with E-state index in [0.717, 1.165) is 12.1 Å². The summed E-state index contributed by atoms with van der Waals surface area (Å²) in [5, 5.41) is 14.1. The summed E-state index contributed by atoms with van der Waals surface area (Å²) in [6.45, 7) is 0.259. The topological polar surface area (TPSA) is 118 Å². The Kier molecular flexibility index (Phi) is 6.31. The summed E-state index contributed by atoms with van der Waals surface area (Å²) in [4.78, 5) is 8.55. The van der Waals surface area contributed by atoms with Gasteiger partial charge in [-0.25, -0.2) is 9.97 Å². The molecule has 0 spiro atoms. The third-order valence-electron chi connectivity index (χ3n) is 5.59. The number of hydrogen-bond acceptors (Lipinski definition) is 7. The SMILES string of the molecule is CNS(=O)(=O)O[C@H]1C[C@H](n2ccc3c(NCc4ccc(C(F)(F)F)cc4)ncnc32)C[C@@H]1O. The molecule has 1 aliphatic rings. The van der Waals surface area contributed by atoms with Gasteiger partial charge < -0.3 is 15.0 Å². The molecule has 33 heavy (non-hydrogen) atoms. The fourth-order valence-corrected chi connectivity index (χ4v) is 4.53. The van der Waals surface area contributed by atoms with Gasteiger partial charge in [0.25, 0.3) is 0 Å². The van der Waals surface area contributed by atoms with E-state index in [1.165, 1.54) is 25.5 Å². The van der Waals surface area contributed by atoms with Crippen LogP contribution in [0.15, 0.2) is 42.9 Å². The van der Waals surface area contributed by atoms with E-state index in [9.17, 15) is 26.7 Å². The maximum atomic E-state index is 12.7. The lowest BCUT2D eigenvalue weighted by molar-refractivity contribution is -0.137. The maximum absolute atomic E-state index is 12.7. The second kappa shape index (κ2) is 8.89. The van der Waals surface area contributed by atoms with Gasteiger partial charge in [-0.05, 0) is 36.6 Å². The molecule has 0 bridgehead atoms.